The summed E-state index contributed by atoms with van der Waals surface area (Å²) in [5.74, 6) is 0. The first-order valence-corrected chi connectivity index (χ1v) is 6.71. The number of alkyl halides is 1. The van der Waals surface area contributed by atoms with E-state index >= 15 is 0 Å². The van der Waals surface area contributed by atoms with Crippen molar-refractivity contribution in [2.45, 2.75) is 10.7 Å². The molecule has 2 atom stereocenters. The van der Waals surface area contributed by atoms with Gasteiger partial charge in [-0.05, 0) is 12.1 Å². The maximum Gasteiger partial charge on any atom is 0.126 e. The molecule has 1 aromatic carbocycles. The molecule has 0 aliphatic carbocycles. The molecule has 1 fully saturated rings. The molecule has 2 unspecified atom stereocenters. The van der Waals surface area contributed by atoms with Crippen LogP contribution < -0.4 is 10.6 Å². The van der Waals surface area contributed by atoms with E-state index in [-0.39, 0.29) is 0 Å². The number of para-hydroxylation sites is 1. The van der Waals surface area contributed by atoms with Gasteiger partial charge in [-0.3, -0.25) is 5.32 Å². The van der Waals surface area contributed by atoms with Gasteiger partial charge in [-0.25, -0.2) is 0 Å². The molecule has 2 rings (SSSR count). The molecule has 14 heavy (non-hydrogen) atoms. The van der Waals surface area contributed by atoms with Crippen molar-refractivity contribution in [2.75, 3.05) is 17.2 Å². The Kier molecular flexibility index (Phi) is 3.73. The fourth-order valence-corrected chi connectivity index (χ4v) is 3.12. The van der Waals surface area contributed by atoms with Gasteiger partial charge in [0.1, 0.15) is 5.50 Å². The molecule has 2 nitrogen and oxygen atoms in total. The molecule has 4 heteroatoms. The molecule has 1 aliphatic rings. The Labute approximate surface area is 97.0 Å². The highest BCUT2D eigenvalue weighted by molar-refractivity contribution is 9.09. The van der Waals surface area contributed by atoms with E-state index in [9.17, 15) is 0 Å². The molecule has 0 aromatic heterocycles. The van der Waals surface area contributed by atoms with E-state index in [1.807, 2.05) is 30.0 Å². The Hall–Kier alpha value is -0.190. The highest BCUT2D eigenvalue weighted by Gasteiger charge is 2.23. The van der Waals surface area contributed by atoms with Gasteiger partial charge in [-0.1, -0.05) is 34.1 Å². The second-order valence-corrected chi connectivity index (χ2v) is 5.27. The maximum atomic E-state index is 3.50. The Morgan fingerprint density at radius 2 is 2.21 bits per heavy atom. The monoisotopic (exact) mass is 272 g/mol. The third-order valence-electron chi connectivity index (χ3n) is 2.10. The van der Waals surface area contributed by atoms with Gasteiger partial charge in [-0.15, -0.1) is 11.8 Å². The van der Waals surface area contributed by atoms with Crippen molar-refractivity contribution in [3.63, 3.8) is 0 Å². The van der Waals surface area contributed by atoms with Crippen LogP contribution in [-0.2, 0) is 0 Å². The summed E-state index contributed by atoms with van der Waals surface area (Å²) < 4.78 is 0. The molecule has 0 bridgehead atoms. The first kappa shape index (κ1) is 10.3. The predicted octanol–water partition coefficient (Wildman–Crippen LogP) is 2.48. The van der Waals surface area contributed by atoms with Crippen LogP contribution in [0.4, 0.5) is 5.69 Å². The fraction of sp³-hybridized carbons (Fsp3) is 0.400. The smallest absolute Gasteiger partial charge is 0.126 e. The molecule has 2 N–H and O–H groups in total. The summed E-state index contributed by atoms with van der Waals surface area (Å²) in [6.07, 6.45) is 0. The van der Waals surface area contributed by atoms with E-state index in [4.69, 9.17) is 0 Å². The Bertz CT molecular complexity index is 281. The summed E-state index contributed by atoms with van der Waals surface area (Å²) in [6.45, 7) is 1.07. The largest absolute Gasteiger partial charge is 0.361 e. The highest BCUT2D eigenvalue weighted by atomic mass is 79.9. The Morgan fingerprint density at radius 1 is 1.43 bits per heavy atom. The van der Waals surface area contributed by atoms with Gasteiger partial charge in [0.05, 0.1) is 0 Å². The maximum absolute atomic E-state index is 3.50. The van der Waals surface area contributed by atoms with E-state index in [2.05, 4.69) is 38.7 Å². The van der Waals surface area contributed by atoms with Crippen LogP contribution in [0.5, 0.6) is 0 Å². The summed E-state index contributed by atoms with van der Waals surface area (Å²) >= 11 is 5.44. The van der Waals surface area contributed by atoms with Crippen LogP contribution in [0, 0.1) is 0 Å². The molecule has 76 valence electrons. The molecule has 0 spiro atoms. The number of anilines is 1. The normalized spacial score (nSPS) is 26.4. The molecule has 0 amide bonds. The molecular formula is C10H13BrN2S. The highest BCUT2D eigenvalue weighted by Crippen LogP contribution is 2.24. The number of hydrogen-bond acceptors (Lipinski definition) is 3. The summed E-state index contributed by atoms with van der Waals surface area (Å²) in [4.78, 5) is 0. The molecule has 1 heterocycles. The minimum absolute atomic E-state index is 0.347. The summed E-state index contributed by atoms with van der Waals surface area (Å²) in [7, 11) is 0. The topological polar surface area (TPSA) is 24.1 Å². The standard InChI is InChI=1S/C10H13BrN2S/c11-6-9-7-12-10(14-9)13-8-4-2-1-3-5-8/h1-5,9-10,12-13H,6-7H2. The van der Waals surface area contributed by atoms with Crippen molar-refractivity contribution in [3.05, 3.63) is 30.3 Å². The number of benzene rings is 1. The van der Waals surface area contributed by atoms with Crippen molar-refractivity contribution in [1.29, 1.82) is 0 Å². The second-order valence-electron chi connectivity index (χ2n) is 3.21. The lowest BCUT2D eigenvalue weighted by atomic mass is 10.3. The summed E-state index contributed by atoms with van der Waals surface area (Å²) in [5, 5.41) is 8.59. The molecule has 0 radical (unpaired) electrons. The van der Waals surface area contributed by atoms with Crippen LogP contribution >= 0.6 is 27.7 Å². The zero-order chi connectivity index (χ0) is 9.80. The Balaban J connectivity index is 1.88. The van der Waals surface area contributed by atoms with Crippen LogP contribution in [-0.4, -0.2) is 22.6 Å². The molecular weight excluding hydrogens is 260 g/mol. The van der Waals surface area contributed by atoms with Crippen molar-refractivity contribution in [2.24, 2.45) is 0 Å². The van der Waals surface area contributed by atoms with Crippen LogP contribution in [0.15, 0.2) is 30.3 Å². The fourth-order valence-electron chi connectivity index (χ4n) is 1.39. The molecule has 1 saturated heterocycles. The van der Waals surface area contributed by atoms with E-state index in [1.54, 1.807) is 0 Å². The van der Waals surface area contributed by atoms with Gasteiger partial charge < -0.3 is 5.32 Å². The van der Waals surface area contributed by atoms with Gasteiger partial charge in [0.25, 0.3) is 0 Å². The van der Waals surface area contributed by atoms with Crippen LogP contribution in [0.1, 0.15) is 0 Å². The lowest BCUT2D eigenvalue weighted by Gasteiger charge is -2.13. The predicted molar refractivity (Wildman–Crippen MR) is 67.0 cm³/mol. The van der Waals surface area contributed by atoms with Crippen LogP contribution in [0.3, 0.4) is 0 Å². The number of rotatable bonds is 3. The van der Waals surface area contributed by atoms with Gasteiger partial charge in [0.15, 0.2) is 0 Å². The molecule has 1 aliphatic heterocycles. The second kappa shape index (κ2) is 5.05. The minimum Gasteiger partial charge on any atom is -0.361 e. The quantitative estimate of drug-likeness (QED) is 0.827. The van der Waals surface area contributed by atoms with E-state index in [0.717, 1.165) is 11.9 Å². The average Bonchev–Trinajstić information content (AvgIpc) is 2.67. The molecule has 0 saturated carbocycles. The SMILES string of the molecule is BrCC1CNC(Nc2ccccc2)S1. The van der Waals surface area contributed by atoms with Gasteiger partial charge in [-0.2, -0.15) is 0 Å². The van der Waals surface area contributed by atoms with Crippen molar-refractivity contribution in [3.8, 4) is 0 Å². The van der Waals surface area contributed by atoms with Crippen molar-refractivity contribution >= 4 is 33.4 Å². The summed E-state index contributed by atoms with van der Waals surface area (Å²) in [6, 6.07) is 10.3. The van der Waals surface area contributed by atoms with Crippen LogP contribution in [0.2, 0.25) is 0 Å². The van der Waals surface area contributed by atoms with Crippen molar-refractivity contribution in [1.82, 2.24) is 5.32 Å². The lowest BCUT2D eigenvalue weighted by molar-refractivity contribution is 0.738. The van der Waals surface area contributed by atoms with E-state index < -0.39 is 0 Å². The van der Waals surface area contributed by atoms with E-state index in [1.165, 1.54) is 5.69 Å². The zero-order valence-corrected chi connectivity index (χ0v) is 10.1. The third kappa shape index (κ3) is 2.65. The Morgan fingerprint density at radius 3 is 2.86 bits per heavy atom. The number of hydrogen-bond donors (Lipinski definition) is 2. The third-order valence-corrected chi connectivity index (χ3v) is 4.59. The lowest BCUT2D eigenvalue weighted by Crippen LogP contribution is -2.27. The first-order chi connectivity index (χ1) is 6.88. The first-order valence-electron chi connectivity index (χ1n) is 4.65. The van der Waals surface area contributed by atoms with Gasteiger partial charge in [0.2, 0.25) is 0 Å². The number of thioether (sulfide) groups is 1. The minimum atomic E-state index is 0.347. The van der Waals surface area contributed by atoms with Gasteiger partial charge in [0, 0.05) is 22.8 Å². The van der Waals surface area contributed by atoms with Gasteiger partial charge >= 0.3 is 0 Å². The average molecular weight is 273 g/mol. The zero-order valence-electron chi connectivity index (χ0n) is 7.74. The number of halogens is 1. The van der Waals surface area contributed by atoms with E-state index in [0.29, 0.717) is 10.7 Å². The number of nitrogens with one attached hydrogen (secondary N) is 2. The van der Waals surface area contributed by atoms with Crippen LogP contribution in [0.25, 0.3) is 0 Å². The van der Waals surface area contributed by atoms with Crippen molar-refractivity contribution < 1.29 is 0 Å². The molecule has 1 aromatic rings. The summed E-state index contributed by atoms with van der Waals surface area (Å²) in [5.41, 5.74) is 1.52.